The Morgan fingerprint density at radius 3 is 2.59 bits per heavy atom. The zero-order valence-corrected chi connectivity index (χ0v) is 24.7. The number of rotatable bonds is 8. The summed E-state index contributed by atoms with van der Waals surface area (Å²) < 4.78 is 13.9. The first-order chi connectivity index (χ1) is 21.4. The molecule has 2 aromatic heterocycles. The van der Waals surface area contributed by atoms with Gasteiger partial charge >= 0.3 is 11.9 Å². The highest BCUT2D eigenvalue weighted by molar-refractivity contribution is 5.86. The number of likely N-dealkylation sites (tertiary alicyclic amines) is 1. The van der Waals surface area contributed by atoms with Crippen LogP contribution in [0, 0.1) is 5.92 Å². The van der Waals surface area contributed by atoms with Gasteiger partial charge in [0, 0.05) is 29.6 Å². The van der Waals surface area contributed by atoms with Crippen LogP contribution in [0.5, 0.6) is 0 Å². The fraction of sp³-hybridized carbons (Fsp3) is 0.371. The Balaban J connectivity index is 1.23. The average Bonchev–Trinajstić information content (AvgIpc) is 3.39. The Hall–Kier alpha value is -4.34. The Morgan fingerprint density at radius 2 is 1.84 bits per heavy atom. The molecule has 0 aliphatic carbocycles. The number of hydrogen-bond acceptors (Lipinski definition) is 7. The SMILES string of the molecule is CC[C@@]1(OC(CC(=O)O)N2CCC(Cc3ccccc3)CC2)C(=O)OCc2c1cc1n(c2=O)Cc2cc3ccccc3nc2-1. The second kappa shape index (κ2) is 11.3. The standard InChI is InChI=1S/C35H35N3O6/c1-2-35(44-30(19-31(39)40)37-14-12-23(13-15-37)16-22-8-4-3-5-9-22)27-18-29-32-25(17-24-10-6-7-11-28(24)36-32)20-38(29)33(41)26(27)21-43-34(35)42/h3-11,17-18,23,30H,2,12-16,19-21H2,1H3,(H,39,40)/t30?,35-/m0/s1. The minimum absolute atomic E-state index is 0.154. The van der Waals surface area contributed by atoms with Gasteiger partial charge in [-0.05, 0) is 55.4 Å². The molecule has 4 aromatic rings. The second-order valence-corrected chi connectivity index (χ2v) is 12.1. The normalized spacial score (nSPS) is 20.5. The summed E-state index contributed by atoms with van der Waals surface area (Å²) in [5.74, 6) is -1.14. The highest BCUT2D eigenvalue weighted by Crippen LogP contribution is 2.42. The van der Waals surface area contributed by atoms with Crippen molar-refractivity contribution in [1.82, 2.24) is 14.5 Å². The summed E-state index contributed by atoms with van der Waals surface area (Å²) in [7, 11) is 0. The zero-order chi connectivity index (χ0) is 30.4. The molecular formula is C35H35N3O6. The highest BCUT2D eigenvalue weighted by Gasteiger charge is 2.50. The van der Waals surface area contributed by atoms with E-state index in [0.29, 0.717) is 48.1 Å². The predicted octanol–water partition coefficient (Wildman–Crippen LogP) is 4.86. The number of para-hydroxylation sites is 1. The van der Waals surface area contributed by atoms with Crippen molar-refractivity contribution in [2.75, 3.05) is 13.1 Å². The minimum atomic E-state index is -1.62. The quantitative estimate of drug-likeness (QED) is 0.254. The van der Waals surface area contributed by atoms with Crippen LogP contribution in [-0.4, -0.2) is 50.8 Å². The van der Waals surface area contributed by atoms with Crippen LogP contribution in [0.2, 0.25) is 0 Å². The number of aromatic nitrogens is 2. The molecule has 3 aliphatic rings. The van der Waals surface area contributed by atoms with Crippen LogP contribution in [0.1, 0.15) is 54.9 Å². The van der Waals surface area contributed by atoms with Crippen LogP contribution >= 0.6 is 0 Å². The van der Waals surface area contributed by atoms with E-state index in [1.807, 2.05) is 60.4 Å². The maximum absolute atomic E-state index is 13.9. The van der Waals surface area contributed by atoms with Crippen LogP contribution in [0.25, 0.3) is 22.3 Å². The molecule has 0 amide bonds. The van der Waals surface area contributed by atoms with Crippen molar-refractivity contribution in [3.05, 3.63) is 99.3 Å². The van der Waals surface area contributed by atoms with Crippen molar-refractivity contribution >= 4 is 22.8 Å². The summed E-state index contributed by atoms with van der Waals surface area (Å²) in [6.07, 6.45) is 1.76. The molecule has 0 bridgehead atoms. The number of carboxylic acid groups (broad SMARTS) is 1. The molecule has 0 radical (unpaired) electrons. The number of piperidine rings is 1. The molecule has 0 spiro atoms. The summed E-state index contributed by atoms with van der Waals surface area (Å²) in [6.45, 7) is 3.33. The van der Waals surface area contributed by atoms with Gasteiger partial charge in [0.15, 0.2) is 5.60 Å². The maximum atomic E-state index is 13.9. The lowest BCUT2D eigenvalue weighted by Gasteiger charge is -2.43. The smallest absolute Gasteiger partial charge is 0.343 e. The van der Waals surface area contributed by atoms with E-state index in [1.165, 1.54) is 5.56 Å². The molecule has 3 aliphatic heterocycles. The molecule has 1 unspecified atom stereocenters. The third-order valence-electron chi connectivity index (χ3n) is 9.49. The third kappa shape index (κ3) is 4.90. The number of carboxylic acids is 1. The van der Waals surface area contributed by atoms with E-state index in [1.54, 1.807) is 4.57 Å². The molecule has 1 N–H and O–H groups in total. The number of pyridine rings is 2. The Morgan fingerprint density at radius 1 is 1.09 bits per heavy atom. The number of esters is 1. The number of hydrogen-bond donors (Lipinski definition) is 1. The van der Waals surface area contributed by atoms with E-state index in [4.69, 9.17) is 14.5 Å². The fourth-order valence-corrected chi connectivity index (χ4v) is 7.13. The Labute approximate surface area is 255 Å². The van der Waals surface area contributed by atoms with Gasteiger partial charge < -0.3 is 19.1 Å². The van der Waals surface area contributed by atoms with Gasteiger partial charge in [-0.1, -0.05) is 55.5 Å². The highest BCUT2D eigenvalue weighted by atomic mass is 16.6. The topological polar surface area (TPSA) is 111 Å². The van der Waals surface area contributed by atoms with Crippen molar-refractivity contribution in [1.29, 1.82) is 0 Å². The van der Waals surface area contributed by atoms with Crippen molar-refractivity contribution in [3.8, 4) is 11.4 Å². The van der Waals surface area contributed by atoms with Gasteiger partial charge in [-0.3, -0.25) is 14.5 Å². The van der Waals surface area contributed by atoms with Crippen LogP contribution < -0.4 is 5.56 Å². The minimum Gasteiger partial charge on any atom is -0.481 e. The molecular weight excluding hydrogens is 558 g/mol. The molecule has 9 nitrogen and oxygen atoms in total. The number of aliphatic carboxylic acids is 1. The molecule has 1 saturated heterocycles. The van der Waals surface area contributed by atoms with Crippen LogP contribution in [0.3, 0.4) is 0 Å². The summed E-state index contributed by atoms with van der Waals surface area (Å²) in [5, 5.41) is 10.9. The molecule has 2 aromatic carbocycles. The maximum Gasteiger partial charge on any atom is 0.343 e. The van der Waals surface area contributed by atoms with E-state index in [2.05, 4.69) is 18.2 Å². The molecule has 9 heteroatoms. The van der Waals surface area contributed by atoms with Crippen molar-refractivity contribution in [2.24, 2.45) is 5.92 Å². The van der Waals surface area contributed by atoms with E-state index in [-0.39, 0.29) is 25.0 Å². The largest absolute Gasteiger partial charge is 0.481 e. The van der Waals surface area contributed by atoms with Gasteiger partial charge in [0.1, 0.15) is 12.8 Å². The van der Waals surface area contributed by atoms with Crippen molar-refractivity contribution in [3.63, 3.8) is 0 Å². The molecule has 226 valence electrons. The van der Waals surface area contributed by atoms with Gasteiger partial charge in [-0.25, -0.2) is 9.78 Å². The molecule has 0 saturated carbocycles. The van der Waals surface area contributed by atoms with E-state index >= 15 is 0 Å². The van der Waals surface area contributed by atoms with Crippen LogP contribution in [0.4, 0.5) is 0 Å². The monoisotopic (exact) mass is 593 g/mol. The van der Waals surface area contributed by atoms with Crippen molar-refractivity contribution < 1.29 is 24.2 Å². The van der Waals surface area contributed by atoms with Gasteiger partial charge in [-0.2, -0.15) is 0 Å². The number of ether oxygens (including phenoxy) is 2. The van der Waals surface area contributed by atoms with Gasteiger partial charge in [0.2, 0.25) is 0 Å². The fourth-order valence-electron chi connectivity index (χ4n) is 7.13. The van der Waals surface area contributed by atoms with E-state index in [0.717, 1.165) is 35.7 Å². The third-order valence-corrected chi connectivity index (χ3v) is 9.49. The lowest BCUT2D eigenvalue weighted by molar-refractivity contribution is -0.211. The Kier molecular flexibility index (Phi) is 7.30. The van der Waals surface area contributed by atoms with Gasteiger partial charge in [0.25, 0.3) is 5.56 Å². The Bertz CT molecular complexity index is 1810. The first-order valence-electron chi connectivity index (χ1n) is 15.4. The van der Waals surface area contributed by atoms with E-state index in [9.17, 15) is 19.5 Å². The molecule has 7 rings (SSSR count). The van der Waals surface area contributed by atoms with Gasteiger partial charge in [-0.15, -0.1) is 0 Å². The van der Waals surface area contributed by atoms with E-state index < -0.39 is 23.8 Å². The lowest BCUT2D eigenvalue weighted by atomic mass is 9.85. The first-order valence-corrected chi connectivity index (χ1v) is 15.4. The number of benzene rings is 2. The predicted molar refractivity (Wildman–Crippen MR) is 164 cm³/mol. The van der Waals surface area contributed by atoms with Crippen LogP contribution in [0.15, 0.2) is 71.5 Å². The molecule has 44 heavy (non-hydrogen) atoms. The number of carbonyl (C=O) groups is 2. The summed E-state index contributed by atoms with van der Waals surface area (Å²) >= 11 is 0. The molecule has 1 fully saturated rings. The zero-order valence-electron chi connectivity index (χ0n) is 24.7. The number of carbonyl (C=O) groups excluding carboxylic acids is 1. The summed E-state index contributed by atoms with van der Waals surface area (Å²) in [6, 6.07) is 22.1. The summed E-state index contributed by atoms with van der Waals surface area (Å²) in [4.78, 5) is 46.6. The second-order valence-electron chi connectivity index (χ2n) is 12.1. The number of nitrogens with zero attached hydrogens (tertiary/aromatic N) is 3. The van der Waals surface area contributed by atoms with Gasteiger partial charge in [0.05, 0.1) is 35.4 Å². The first kappa shape index (κ1) is 28.4. The number of cyclic esters (lactones) is 1. The van der Waals surface area contributed by atoms with Crippen LogP contribution in [-0.2, 0) is 44.2 Å². The average molecular weight is 594 g/mol. The molecule has 5 heterocycles. The summed E-state index contributed by atoms with van der Waals surface area (Å²) in [5.41, 5.74) is 3.32. The lowest BCUT2D eigenvalue weighted by Crippen LogP contribution is -2.53. The number of fused-ring (bicyclic) bond motifs is 5. The molecule has 2 atom stereocenters. The van der Waals surface area contributed by atoms with Crippen molar-refractivity contribution in [2.45, 2.75) is 64.0 Å².